The molecule has 162 valence electrons. The predicted octanol–water partition coefficient (Wildman–Crippen LogP) is 1.89. The molecule has 2 aromatic carbocycles. The van der Waals surface area contributed by atoms with Gasteiger partial charge in [-0.15, -0.1) is 0 Å². The van der Waals surface area contributed by atoms with E-state index < -0.39 is 30.1 Å². The van der Waals surface area contributed by atoms with E-state index in [-0.39, 0.29) is 25.4 Å². The lowest BCUT2D eigenvalue weighted by molar-refractivity contribution is -0.138. The molecule has 0 radical (unpaired) electrons. The normalized spacial score (nSPS) is 13.0. The van der Waals surface area contributed by atoms with Crippen LogP contribution >= 0.6 is 0 Å². The second kappa shape index (κ2) is 10.6. The van der Waals surface area contributed by atoms with Crippen LogP contribution in [-0.4, -0.2) is 57.4 Å². The Morgan fingerprint density at radius 1 is 1.03 bits per heavy atom. The third kappa shape index (κ3) is 6.16. The number of nitrogens with zero attached hydrogens (tertiary/aromatic N) is 1. The van der Waals surface area contributed by atoms with Gasteiger partial charge in [-0.1, -0.05) is 56.3 Å². The van der Waals surface area contributed by atoms with Crippen molar-refractivity contribution in [1.29, 1.82) is 0 Å². The maximum atomic E-state index is 12.9. The number of rotatable bonds is 9. The van der Waals surface area contributed by atoms with Crippen molar-refractivity contribution in [2.24, 2.45) is 5.92 Å². The van der Waals surface area contributed by atoms with Crippen molar-refractivity contribution >= 4 is 28.7 Å². The number of benzene rings is 2. The second-order valence-corrected chi connectivity index (χ2v) is 7.46. The molecule has 0 aliphatic carbocycles. The summed E-state index contributed by atoms with van der Waals surface area (Å²) in [5.41, 5.74) is 2.00. The molecule has 3 amide bonds. The van der Waals surface area contributed by atoms with Crippen LogP contribution in [0.15, 0.2) is 42.5 Å². The number of carboxylic acid groups (broad SMARTS) is 1. The highest BCUT2D eigenvalue weighted by atomic mass is 16.5. The van der Waals surface area contributed by atoms with Crippen LogP contribution < -0.4 is 10.8 Å². The van der Waals surface area contributed by atoms with E-state index in [0.29, 0.717) is 5.56 Å². The average Bonchev–Trinajstić information content (AvgIpc) is 2.70. The molecule has 0 saturated carbocycles. The van der Waals surface area contributed by atoms with Crippen LogP contribution in [0.1, 0.15) is 31.9 Å². The Balaban J connectivity index is 2.31. The molecular formula is C21H27N3O6. The molecule has 0 aromatic heterocycles. The monoisotopic (exact) mass is 417 g/mol. The Kier molecular flexibility index (Phi) is 8.14. The number of hydrogen-bond acceptors (Lipinski definition) is 5. The van der Waals surface area contributed by atoms with Gasteiger partial charge in [-0.3, -0.25) is 14.8 Å². The number of amides is 3. The topological polar surface area (TPSA) is 139 Å². The summed E-state index contributed by atoms with van der Waals surface area (Å²) in [7, 11) is 0. The molecule has 2 aromatic rings. The van der Waals surface area contributed by atoms with Crippen LogP contribution in [0.5, 0.6) is 0 Å². The minimum absolute atomic E-state index is 0.0237. The number of aliphatic hydroxyl groups is 1. The standard InChI is InChI=1S/C21H27N3O6/c1-13(2)11-24(12-18(25)20(28)23-30)21(29)22-17(10-19(26)27)16-9-5-7-14-6-3-4-8-15(14)16/h3-9,13,17-18,25,30H,10-12H2,1-2H3,(H,22,29)(H,23,28)(H,26,27). The van der Waals surface area contributed by atoms with E-state index in [9.17, 15) is 24.6 Å². The molecule has 0 fully saturated rings. The number of hydroxylamine groups is 1. The van der Waals surface area contributed by atoms with Crippen molar-refractivity contribution in [3.63, 3.8) is 0 Å². The number of carboxylic acids is 1. The van der Waals surface area contributed by atoms with Crippen molar-refractivity contribution in [3.05, 3.63) is 48.0 Å². The first-order valence-corrected chi connectivity index (χ1v) is 9.59. The number of urea groups is 1. The van der Waals surface area contributed by atoms with Gasteiger partial charge >= 0.3 is 12.0 Å². The van der Waals surface area contributed by atoms with Crippen LogP contribution in [0.3, 0.4) is 0 Å². The summed E-state index contributed by atoms with van der Waals surface area (Å²) in [6, 6.07) is 11.5. The number of carbonyl (C=O) groups excluding carboxylic acids is 2. The number of aliphatic hydroxyl groups excluding tert-OH is 1. The maximum Gasteiger partial charge on any atom is 0.318 e. The SMILES string of the molecule is CC(C)CN(CC(O)C(=O)NO)C(=O)NC(CC(=O)O)c1cccc2ccccc12. The van der Waals surface area contributed by atoms with Gasteiger partial charge in [-0.25, -0.2) is 10.3 Å². The van der Waals surface area contributed by atoms with Crippen molar-refractivity contribution in [2.75, 3.05) is 13.1 Å². The molecule has 0 saturated heterocycles. The minimum Gasteiger partial charge on any atom is -0.481 e. The van der Waals surface area contributed by atoms with Crippen LogP contribution in [0.4, 0.5) is 4.79 Å². The van der Waals surface area contributed by atoms with E-state index in [1.54, 1.807) is 12.1 Å². The van der Waals surface area contributed by atoms with Crippen molar-refractivity contribution < 1.29 is 29.8 Å². The molecule has 0 aliphatic heterocycles. The van der Waals surface area contributed by atoms with Gasteiger partial charge in [-0.05, 0) is 22.3 Å². The van der Waals surface area contributed by atoms with Crippen LogP contribution in [-0.2, 0) is 9.59 Å². The largest absolute Gasteiger partial charge is 0.481 e. The molecule has 2 unspecified atom stereocenters. The van der Waals surface area contributed by atoms with Gasteiger partial charge < -0.3 is 20.4 Å². The van der Waals surface area contributed by atoms with Gasteiger partial charge in [0.25, 0.3) is 5.91 Å². The lowest BCUT2D eigenvalue weighted by Gasteiger charge is -2.29. The molecule has 2 rings (SSSR count). The van der Waals surface area contributed by atoms with E-state index in [2.05, 4.69) is 5.32 Å². The Bertz CT molecular complexity index is 896. The summed E-state index contributed by atoms with van der Waals surface area (Å²) in [6.07, 6.45) is -1.97. The Labute approximate surface area is 174 Å². The zero-order valence-electron chi connectivity index (χ0n) is 16.9. The summed E-state index contributed by atoms with van der Waals surface area (Å²) < 4.78 is 0. The van der Waals surface area contributed by atoms with Crippen molar-refractivity contribution in [2.45, 2.75) is 32.4 Å². The Morgan fingerprint density at radius 3 is 2.33 bits per heavy atom. The lowest BCUT2D eigenvalue weighted by atomic mass is 9.97. The molecule has 30 heavy (non-hydrogen) atoms. The fraction of sp³-hybridized carbons (Fsp3) is 0.381. The van der Waals surface area contributed by atoms with Crippen molar-refractivity contribution in [3.8, 4) is 0 Å². The molecule has 0 heterocycles. The van der Waals surface area contributed by atoms with Gasteiger partial charge in [0.1, 0.15) is 0 Å². The van der Waals surface area contributed by atoms with Gasteiger partial charge in [-0.2, -0.15) is 0 Å². The van der Waals surface area contributed by atoms with E-state index in [1.807, 2.05) is 44.2 Å². The van der Waals surface area contributed by atoms with Gasteiger partial charge in [0.05, 0.1) is 19.0 Å². The highest BCUT2D eigenvalue weighted by Crippen LogP contribution is 2.26. The quantitative estimate of drug-likeness (QED) is 0.312. The molecular weight excluding hydrogens is 390 g/mol. The lowest BCUT2D eigenvalue weighted by Crippen LogP contribution is -2.49. The molecule has 9 nitrogen and oxygen atoms in total. The number of hydrogen-bond donors (Lipinski definition) is 5. The summed E-state index contributed by atoms with van der Waals surface area (Å²) in [6.45, 7) is 3.58. The van der Waals surface area contributed by atoms with E-state index in [1.165, 1.54) is 10.4 Å². The third-order valence-corrected chi connectivity index (χ3v) is 4.55. The highest BCUT2D eigenvalue weighted by Gasteiger charge is 2.26. The van der Waals surface area contributed by atoms with E-state index in [0.717, 1.165) is 10.8 Å². The molecule has 0 bridgehead atoms. The first-order chi connectivity index (χ1) is 14.2. The molecule has 2 atom stereocenters. The van der Waals surface area contributed by atoms with E-state index >= 15 is 0 Å². The van der Waals surface area contributed by atoms with Crippen LogP contribution in [0.25, 0.3) is 10.8 Å². The zero-order valence-corrected chi connectivity index (χ0v) is 16.9. The summed E-state index contributed by atoms with van der Waals surface area (Å²) in [4.78, 5) is 37.1. The van der Waals surface area contributed by atoms with Crippen LogP contribution in [0, 0.1) is 5.92 Å². The molecule has 0 aliphatic rings. The first-order valence-electron chi connectivity index (χ1n) is 9.59. The number of aliphatic carboxylic acids is 1. The third-order valence-electron chi connectivity index (χ3n) is 4.55. The molecule has 9 heteroatoms. The number of nitrogens with one attached hydrogen (secondary N) is 2. The summed E-state index contributed by atoms with van der Waals surface area (Å²) in [5, 5.41) is 32.4. The van der Waals surface area contributed by atoms with Gasteiger partial charge in [0, 0.05) is 6.54 Å². The number of fused-ring (bicyclic) bond motifs is 1. The molecule has 0 spiro atoms. The predicted molar refractivity (Wildman–Crippen MR) is 110 cm³/mol. The zero-order chi connectivity index (χ0) is 22.3. The Hall–Kier alpha value is -3.17. The van der Waals surface area contributed by atoms with E-state index in [4.69, 9.17) is 5.21 Å². The minimum atomic E-state index is -1.63. The number of carbonyl (C=O) groups is 3. The van der Waals surface area contributed by atoms with Gasteiger partial charge in [0.15, 0.2) is 6.10 Å². The van der Waals surface area contributed by atoms with Gasteiger partial charge in [0.2, 0.25) is 0 Å². The highest BCUT2D eigenvalue weighted by molar-refractivity contribution is 5.87. The maximum absolute atomic E-state index is 12.9. The molecule has 5 N–H and O–H groups in total. The van der Waals surface area contributed by atoms with Crippen molar-refractivity contribution in [1.82, 2.24) is 15.7 Å². The second-order valence-electron chi connectivity index (χ2n) is 7.46. The fourth-order valence-electron chi connectivity index (χ4n) is 3.26. The fourth-order valence-corrected chi connectivity index (χ4v) is 3.26. The summed E-state index contributed by atoms with van der Waals surface area (Å²) >= 11 is 0. The Morgan fingerprint density at radius 2 is 1.70 bits per heavy atom. The smallest absolute Gasteiger partial charge is 0.318 e. The van der Waals surface area contributed by atoms with Crippen LogP contribution in [0.2, 0.25) is 0 Å². The average molecular weight is 417 g/mol. The first kappa shape index (κ1) is 23.1. The summed E-state index contributed by atoms with van der Waals surface area (Å²) in [5.74, 6) is -2.09.